The van der Waals surface area contributed by atoms with E-state index in [1.54, 1.807) is 11.3 Å². The van der Waals surface area contributed by atoms with Crippen molar-refractivity contribution in [3.05, 3.63) is 364 Å². The van der Waals surface area contributed by atoms with Gasteiger partial charge in [0.05, 0.1) is 22.8 Å². The van der Waals surface area contributed by atoms with Crippen molar-refractivity contribution in [2.24, 2.45) is 0 Å². The molecule has 514 valence electrons. The maximum atomic E-state index is 5.32. The summed E-state index contributed by atoms with van der Waals surface area (Å²) in [6.07, 6.45) is 0. The summed E-state index contributed by atoms with van der Waals surface area (Å²) in [7, 11) is 0. The van der Waals surface area contributed by atoms with Crippen molar-refractivity contribution < 1.29 is 0 Å². The van der Waals surface area contributed by atoms with Crippen LogP contribution in [0, 0.1) is 0 Å². The molecule has 6 heterocycles. The smallest absolute Gasteiger partial charge is 0.166 e. The zero-order chi connectivity index (χ0) is 72.9. The molecule has 0 aliphatic carbocycles. The molecule has 0 saturated heterocycles. The number of aromatic nitrogens is 10. The van der Waals surface area contributed by atoms with E-state index in [0.717, 1.165) is 139 Å². The lowest BCUT2D eigenvalue weighted by Gasteiger charge is -2.14. The molecule has 0 aliphatic rings. The summed E-state index contributed by atoms with van der Waals surface area (Å²) in [5, 5.41) is 14.1. The Morgan fingerprint density at radius 3 is 0.991 bits per heavy atom. The lowest BCUT2D eigenvalue weighted by atomic mass is 9.91. The van der Waals surface area contributed by atoms with Crippen molar-refractivity contribution in [3.63, 3.8) is 0 Å². The largest absolute Gasteiger partial charge is 0.228 e. The molecular weight excluding hydrogens is 1380 g/mol. The summed E-state index contributed by atoms with van der Waals surface area (Å²) in [5.41, 5.74) is 22.3. The van der Waals surface area contributed by atoms with Gasteiger partial charge in [0.15, 0.2) is 40.8 Å². The molecule has 6 aromatic heterocycles. The molecule has 12 heteroatoms. The van der Waals surface area contributed by atoms with Gasteiger partial charge in [0, 0.05) is 107 Å². The Bertz CT molecular complexity index is 6710. The molecule has 0 spiro atoms. The molecule has 0 fully saturated rings. The van der Waals surface area contributed by atoms with Crippen LogP contribution >= 0.6 is 22.7 Å². The Morgan fingerprint density at radius 2 is 0.482 bits per heavy atom. The van der Waals surface area contributed by atoms with Crippen LogP contribution in [0.1, 0.15) is 0 Å². The summed E-state index contributed by atoms with van der Waals surface area (Å²) < 4.78 is 4.66. The Kier molecular flexibility index (Phi) is 16.7. The second kappa shape index (κ2) is 28.2. The van der Waals surface area contributed by atoms with Crippen molar-refractivity contribution in [1.29, 1.82) is 0 Å². The van der Waals surface area contributed by atoms with E-state index in [0.29, 0.717) is 40.8 Å². The summed E-state index contributed by atoms with van der Waals surface area (Å²) in [6.45, 7) is 0. The van der Waals surface area contributed by atoms with E-state index in [9.17, 15) is 0 Å². The fourth-order valence-electron chi connectivity index (χ4n) is 14.7. The van der Waals surface area contributed by atoms with E-state index in [1.165, 1.54) is 30.3 Å². The van der Waals surface area contributed by atoms with Gasteiger partial charge in [-0.15, -0.1) is 32.9 Å². The van der Waals surface area contributed by atoms with Gasteiger partial charge in [0.2, 0.25) is 0 Å². The highest BCUT2D eigenvalue weighted by Crippen LogP contribution is 2.49. The van der Waals surface area contributed by atoms with E-state index in [4.69, 9.17) is 45.0 Å². The number of thiophene rings is 2. The maximum absolute atomic E-state index is 5.32. The molecule has 0 radical (unpaired) electrons. The number of hydrogen-bond acceptors (Lipinski definition) is 12. The highest BCUT2D eigenvalue weighted by Gasteiger charge is 2.24. The van der Waals surface area contributed by atoms with Crippen LogP contribution in [-0.4, -0.2) is 50.1 Å². The monoisotopic (exact) mass is 1440 g/mol. The fraction of sp³-hybridized carbons (Fsp3) is 0. The lowest BCUT2D eigenvalue weighted by Crippen LogP contribution is -2.01. The van der Waals surface area contributed by atoms with Gasteiger partial charge in [0.1, 0.15) is 0 Å². The Morgan fingerprint density at radius 1 is 0.164 bits per heavy atom. The van der Waals surface area contributed by atoms with Crippen LogP contribution in [0.4, 0.5) is 0 Å². The third-order valence-corrected chi connectivity index (χ3v) is 22.6. The van der Waals surface area contributed by atoms with Crippen LogP contribution in [0.15, 0.2) is 364 Å². The standard InChI is InChI=1S/C98H60N10S2/c1-7-22-63(23-8-1)82-56-57-83(108-107-82)65-44-46-67(47-45-65)88-76(61-38-42-66(43-39-61)85-60-84(64-24-9-2-10-25-64)99-92(100-85)68-26-11-3-12-27-68)52-54-81-79-51-50-74(59-87(79)110-90(81)88)73-34-21-35-75(58-73)97-103-93(69-28-13-4-14-29-69)101-96(104-97)72-48-40-62(41-49-72)77-53-55-80-78-36-19-20-37-86(78)109-91(80)89(77)98-105-94(70-30-15-5-16-31-70)102-95(106-98)71-32-17-6-18-33-71/h1-60H. The van der Waals surface area contributed by atoms with E-state index >= 15 is 0 Å². The summed E-state index contributed by atoms with van der Waals surface area (Å²) >= 11 is 3.58. The second-order valence-electron chi connectivity index (χ2n) is 27.0. The number of nitrogens with zero attached hydrogens (tertiary/aromatic N) is 10. The van der Waals surface area contributed by atoms with Crippen LogP contribution < -0.4 is 0 Å². The normalized spacial score (nSPS) is 11.5. The van der Waals surface area contributed by atoms with Crippen LogP contribution in [0.25, 0.3) is 210 Å². The van der Waals surface area contributed by atoms with Gasteiger partial charge >= 0.3 is 0 Å². The summed E-state index contributed by atoms with van der Waals surface area (Å²) in [5.74, 6) is 4.19. The number of rotatable bonds is 15. The van der Waals surface area contributed by atoms with Gasteiger partial charge in [0.25, 0.3) is 0 Å². The summed E-state index contributed by atoms with van der Waals surface area (Å²) in [4.78, 5) is 41.7. The first-order valence-corrected chi connectivity index (χ1v) is 38.0. The van der Waals surface area contributed by atoms with E-state index < -0.39 is 0 Å². The minimum Gasteiger partial charge on any atom is -0.228 e. The molecule has 10 nitrogen and oxygen atoms in total. The van der Waals surface area contributed by atoms with Crippen LogP contribution in [0.3, 0.4) is 0 Å². The first-order valence-electron chi connectivity index (χ1n) is 36.4. The van der Waals surface area contributed by atoms with Crippen molar-refractivity contribution in [2.45, 2.75) is 0 Å². The quantitative estimate of drug-likeness (QED) is 0.0978. The van der Waals surface area contributed by atoms with Gasteiger partial charge in [-0.2, -0.15) is 0 Å². The average molecular weight is 1440 g/mol. The maximum Gasteiger partial charge on any atom is 0.166 e. The first kappa shape index (κ1) is 65.2. The van der Waals surface area contributed by atoms with Gasteiger partial charge in [-0.3, -0.25) is 0 Å². The minimum absolute atomic E-state index is 0.558. The SMILES string of the molecule is c1ccc(-c2ccc(-c3ccc(-c4c(-c5ccc(-c6cc(-c7ccccc7)nc(-c7ccccc7)n6)cc5)ccc5c4sc4cc(-c6cccc(-c7nc(-c8ccccc8)nc(-c8ccc(-c9ccc%10c(sc%11ccccc%11%10)c9-c9nc(-c%10ccccc%10)nc(-c%10ccccc%10)n9)cc8)n7)c6)ccc45)cc3)nn2)cc1. The third kappa shape index (κ3) is 12.5. The van der Waals surface area contributed by atoms with Crippen molar-refractivity contribution in [2.75, 3.05) is 0 Å². The molecule has 0 bridgehead atoms. The minimum atomic E-state index is 0.558. The van der Waals surface area contributed by atoms with E-state index in [2.05, 4.69) is 217 Å². The summed E-state index contributed by atoms with van der Waals surface area (Å²) in [6, 6.07) is 126. The molecule has 0 unspecified atom stereocenters. The van der Waals surface area contributed by atoms with Crippen LogP contribution in [-0.2, 0) is 0 Å². The molecule has 0 amide bonds. The zero-order valence-electron chi connectivity index (χ0n) is 58.9. The highest BCUT2D eigenvalue weighted by molar-refractivity contribution is 7.26. The third-order valence-electron chi connectivity index (χ3n) is 20.2. The van der Waals surface area contributed by atoms with Crippen LogP contribution in [0.2, 0.25) is 0 Å². The second-order valence-corrected chi connectivity index (χ2v) is 29.1. The van der Waals surface area contributed by atoms with Crippen molar-refractivity contribution in [1.82, 2.24) is 50.1 Å². The lowest BCUT2D eigenvalue weighted by molar-refractivity contribution is 1.04. The Hall–Kier alpha value is -14.3. The molecule has 20 rings (SSSR count). The fourth-order valence-corrected chi connectivity index (χ4v) is 17.2. The van der Waals surface area contributed by atoms with Crippen LogP contribution in [0.5, 0.6) is 0 Å². The molecule has 0 atom stereocenters. The predicted molar refractivity (Wildman–Crippen MR) is 452 cm³/mol. The molecule has 0 saturated carbocycles. The first-order chi connectivity index (χ1) is 54.5. The average Bonchev–Trinajstić information content (AvgIpc) is 1.56. The molecule has 0 N–H and O–H groups in total. The topological polar surface area (TPSA) is 129 Å². The number of hydrogen-bond donors (Lipinski definition) is 0. The molecular formula is C98H60N10S2. The van der Waals surface area contributed by atoms with E-state index in [1.807, 2.05) is 163 Å². The number of benzene rings is 14. The van der Waals surface area contributed by atoms with Gasteiger partial charge in [-0.25, -0.2) is 39.9 Å². The molecule has 110 heavy (non-hydrogen) atoms. The Labute approximate surface area is 641 Å². The zero-order valence-corrected chi connectivity index (χ0v) is 60.6. The highest BCUT2D eigenvalue weighted by atomic mass is 32.1. The Balaban J connectivity index is 0.665. The predicted octanol–water partition coefficient (Wildman–Crippen LogP) is 25.4. The molecule has 20 aromatic rings. The molecule has 0 aliphatic heterocycles. The van der Waals surface area contributed by atoms with Gasteiger partial charge < -0.3 is 0 Å². The number of fused-ring (bicyclic) bond motifs is 6. The van der Waals surface area contributed by atoms with Gasteiger partial charge in [-0.05, 0) is 75.3 Å². The van der Waals surface area contributed by atoms with E-state index in [-0.39, 0.29) is 0 Å². The van der Waals surface area contributed by atoms with Crippen molar-refractivity contribution in [3.8, 4) is 169 Å². The molecule has 14 aromatic carbocycles. The van der Waals surface area contributed by atoms with Gasteiger partial charge in [-0.1, -0.05) is 328 Å². The van der Waals surface area contributed by atoms with Crippen molar-refractivity contribution >= 4 is 63.0 Å².